The quantitative estimate of drug-likeness (QED) is 0.232. The highest BCUT2D eigenvalue weighted by Gasteiger charge is 2.32. The summed E-state index contributed by atoms with van der Waals surface area (Å²) in [6, 6.07) is 29.8. The predicted octanol–water partition coefficient (Wildman–Crippen LogP) is 5.61. The molecule has 0 aliphatic carbocycles. The number of carbonyl (C=O) groups excluding carboxylic acids is 1. The summed E-state index contributed by atoms with van der Waals surface area (Å²) in [4.78, 5) is 13.5. The number of rotatable bonds is 7. The molecular formula is C30H24N2O5S. The lowest BCUT2D eigenvalue weighted by Crippen LogP contribution is -2.21. The van der Waals surface area contributed by atoms with E-state index in [1.54, 1.807) is 30.3 Å². The van der Waals surface area contributed by atoms with Crippen molar-refractivity contribution >= 4 is 33.5 Å². The van der Waals surface area contributed by atoms with Gasteiger partial charge in [-0.3, -0.25) is 4.79 Å². The molecule has 0 radical (unpaired) electrons. The van der Waals surface area contributed by atoms with E-state index in [0.717, 1.165) is 11.1 Å². The van der Waals surface area contributed by atoms with Gasteiger partial charge in [-0.1, -0.05) is 72.3 Å². The van der Waals surface area contributed by atoms with E-state index in [1.165, 1.54) is 30.3 Å². The molecule has 4 aromatic carbocycles. The molecule has 8 heteroatoms. The molecule has 0 fully saturated rings. The van der Waals surface area contributed by atoms with Gasteiger partial charge in [0.25, 0.3) is 5.91 Å². The average Bonchev–Trinajstić information content (AvgIpc) is 3.26. The van der Waals surface area contributed by atoms with E-state index >= 15 is 0 Å². The van der Waals surface area contributed by atoms with Gasteiger partial charge < -0.3 is 8.92 Å². The number of benzene rings is 4. The minimum Gasteiger partial charge on any atom is -0.493 e. The zero-order valence-electron chi connectivity index (χ0n) is 20.7. The molecule has 0 saturated carbocycles. The largest absolute Gasteiger partial charge is 0.493 e. The minimum atomic E-state index is -4.06. The molecule has 1 amide bonds. The molecule has 1 aliphatic heterocycles. The number of hydrogen-bond acceptors (Lipinski definition) is 6. The van der Waals surface area contributed by atoms with E-state index in [9.17, 15) is 13.2 Å². The average molecular weight is 525 g/mol. The van der Waals surface area contributed by atoms with Crippen molar-refractivity contribution in [3.8, 4) is 11.5 Å². The summed E-state index contributed by atoms with van der Waals surface area (Å²) in [7, 11) is -2.64. The fourth-order valence-electron chi connectivity index (χ4n) is 3.98. The zero-order chi connectivity index (χ0) is 26.7. The molecule has 0 atom stereocenters. The van der Waals surface area contributed by atoms with Gasteiger partial charge in [0.05, 0.1) is 18.4 Å². The molecule has 1 heterocycles. The molecular weight excluding hydrogens is 500 g/mol. The van der Waals surface area contributed by atoms with Gasteiger partial charge in [0.2, 0.25) is 0 Å². The summed E-state index contributed by atoms with van der Waals surface area (Å²) < 4.78 is 36.4. The fourth-order valence-corrected chi connectivity index (χ4v) is 4.92. The second-order valence-electron chi connectivity index (χ2n) is 8.59. The van der Waals surface area contributed by atoms with Crippen LogP contribution < -0.4 is 13.9 Å². The Morgan fingerprint density at radius 2 is 1.47 bits per heavy atom. The van der Waals surface area contributed by atoms with Crippen molar-refractivity contribution in [1.82, 2.24) is 0 Å². The Morgan fingerprint density at radius 1 is 0.816 bits per heavy atom. The third kappa shape index (κ3) is 5.07. The molecule has 0 unspecified atom stereocenters. The van der Waals surface area contributed by atoms with Crippen LogP contribution in [0.5, 0.6) is 11.5 Å². The number of ether oxygens (including phenoxy) is 1. The topological polar surface area (TPSA) is 85.3 Å². The molecule has 5 rings (SSSR count). The van der Waals surface area contributed by atoms with E-state index in [1.807, 2.05) is 67.6 Å². The third-order valence-electron chi connectivity index (χ3n) is 5.93. The lowest BCUT2D eigenvalue weighted by atomic mass is 10.00. The summed E-state index contributed by atoms with van der Waals surface area (Å²) in [6.07, 6.45) is 1.71. The van der Waals surface area contributed by atoms with Gasteiger partial charge in [-0.2, -0.15) is 18.5 Å². The number of aryl methyl sites for hydroxylation is 1. The monoisotopic (exact) mass is 524 g/mol. The maximum atomic E-state index is 13.5. The number of carbonyl (C=O) groups is 1. The van der Waals surface area contributed by atoms with E-state index < -0.39 is 10.1 Å². The highest BCUT2D eigenvalue weighted by molar-refractivity contribution is 7.87. The van der Waals surface area contributed by atoms with Gasteiger partial charge in [0, 0.05) is 5.56 Å². The van der Waals surface area contributed by atoms with Gasteiger partial charge in [-0.15, -0.1) is 0 Å². The van der Waals surface area contributed by atoms with Crippen molar-refractivity contribution in [1.29, 1.82) is 0 Å². The van der Waals surface area contributed by atoms with Crippen LogP contribution in [0.15, 0.2) is 119 Å². The van der Waals surface area contributed by atoms with Crippen LogP contribution in [-0.2, 0) is 14.9 Å². The van der Waals surface area contributed by atoms with Gasteiger partial charge >= 0.3 is 10.1 Å². The Labute approximate surface area is 221 Å². The maximum Gasteiger partial charge on any atom is 0.339 e. The van der Waals surface area contributed by atoms with Crippen LogP contribution >= 0.6 is 0 Å². The number of nitrogens with zero attached hydrogens (tertiary/aromatic N) is 2. The van der Waals surface area contributed by atoms with E-state index in [-0.39, 0.29) is 22.3 Å². The van der Waals surface area contributed by atoms with Crippen LogP contribution in [0, 0.1) is 6.92 Å². The number of amides is 1. The van der Waals surface area contributed by atoms with Gasteiger partial charge in [-0.05, 0) is 55.0 Å². The van der Waals surface area contributed by atoms with Crippen LogP contribution in [-0.4, -0.2) is 27.1 Å². The molecule has 38 heavy (non-hydrogen) atoms. The molecule has 1 aliphatic rings. The Kier molecular flexibility index (Phi) is 6.81. The molecule has 7 nitrogen and oxygen atoms in total. The number of para-hydroxylation sites is 1. The van der Waals surface area contributed by atoms with Crippen LogP contribution in [0.2, 0.25) is 0 Å². The summed E-state index contributed by atoms with van der Waals surface area (Å²) in [6.45, 7) is 1.87. The number of hydrogen-bond donors (Lipinski definition) is 0. The second-order valence-corrected chi connectivity index (χ2v) is 10.1. The number of methoxy groups -OCH3 is 1. The Bertz CT molecular complexity index is 1650. The highest BCUT2D eigenvalue weighted by Crippen LogP contribution is 2.33. The first kappa shape index (κ1) is 25.0. The van der Waals surface area contributed by atoms with Crippen molar-refractivity contribution in [2.24, 2.45) is 5.10 Å². The van der Waals surface area contributed by atoms with Crippen LogP contribution in [0.4, 0.5) is 5.69 Å². The van der Waals surface area contributed by atoms with Gasteiger partial charge in [0.15, 0.2) is 11.5 Å². The van der Waals surface area contributed by atoms with Gasteiger partial charge in [0.1, 0.15) is 10.6 Å². The molecule has 190 valence electrons. The molecule has 0 saturated heterocycles. The van der Waals surface area contributed by atoms with Crippen molar-refractivity contribution in [2.75, 3.05) is 12.1 Å². The first-order valence-electron chi connectivity index (χ1n) is 11.8. The fraction of sp³-hybridized carbons (Fsp3) is 0.0667. The first-order valence-corrected chi connectivity index (χ1v) is 13.2. The Morgan fingerprint density at radius 3 is 2.13 bits per heavy atom. The maximum absolute atomic E-state index is 13.5. The lowest BCUT2D eigenvalue weighted by molar-refractivity contribution is -0.114. The third-order valence-corrected chi connectivity index (χ3v) is 7.18. The molecule has 0 N–H and O–H groups in total. The van der Waals surface area contributed by atoms with E-state index in [4.69, 9.17) is 8.92 Å². The van der Waals surface area contributed by atoms with Crippen molar-refractivity contribution < 1.29 is 22.1 Å². The van der Waals surface area contributed by atoms with Crippen molar-refractivity contribution in [3.63, 3.8) is 0 Å². The van der Waals surface area contributed by atoms with Crippen LogP contribution in [0.25, 0.3) is 6.08 Å². The van der Waals surface area contributed by atoms with Crippen LogP contribution in [0.1, 0.15) is 16.7 Å². The van der Waals surface area contributed by atoms with Crippen molar-refractivity contribution in [2.45, 2.75) is 11.8 Å². The molecule has 0 aromatic heterocycles. The zero-order valence-corrected chi connectivity index (χ0v) is 21.6. The van der Waals surface area contributed by atoms with E-state index in [2.05, 4.69) is 5.10 Å². The summed E-state index contributed by atoms with van der Waals surface area (Å²) in [5.41, 5.74) is 3.91. The predicted molar refractivity (Wildman–Crippen MR) is 147 cm³/mol. The standard InChI is InChI=1S/C30H24N2O5S/c1-21-13-16-25(17-14-21)38(34,35)37-27-18-15-22(20-28(27)36-2)19-26-29(23-9-5-3-6-10-23)31-32(30(26)33)24-11-7-4-8-12-24/h3-20H,1-2H3/b26-19-. The molecule has 0 bridgehead atoms. The van der Waals surface area contributed by atoms with Crippen molar-refractivity contribution in [3.05, 3.63) is 125 Å². The highest BCUT2D eigenvalue weighted by atomic mass is 32.2. The summed E-state index contributed by atoms with van der Waals surface area (Å²) in [5.74, 6) is -0.0364. The molecule has 0 spiro atoms. The number of hydrazone groups is 1. The SMILES string of the molecule is COc1cc(/C=C2\C(=O)N(c3ccccc3)N=C2c2ccccc2)ccc1OS(=O)(=O)c1ccc(C)cc1. The lowest BCUT2D eigenvalue weighted by Gasteiger charge is -2.12. The summed E-state index contributed by atoms with van der Waals surface area (Å²) in [5, 5.41) is 6.00. The first-order chi connectivity index (χ1) is 18.4. The van der Waals surface area contributed by atoms with Gasteiger partial charge in [-0.25, -0.2) is 0 Å². The smallest absolute Gasteiger partial charge is 0.339 e. The Hall–Kier alpha value is -4.69. The second kappa shape index (κ2) is 10.4. The molecule has 4 aromatic rings. The van der Waals surface area contributed by atoms with E-state index in [0.29, 0.717) is 22.5 Å². The normalized spacial score (nSPS) is 14.5. The minimum absolute atomic E-state index is 0.0378. The Balaban J connectivity index is 1.51. The summed E-state index contributed by atoms with van der Waals surface area (Å²) >= 11 is 0. The number of anilines is 1. The van der Waals surface area contributed by atoms with Crippen LogP contribution in [0.3, 0.4) is 0 Å².